The van der Waals surface area contributed by atoms with Crippen molar-refractivity contribution >= 4 is 39.1 Å². The van der Waals surface area contributed by atoms with Gasteiger partial charge in [0.05, 0.1) is 21.7 Å². The summed E-state index contributed by atoms with van der Waals surface area (Å²) in [5.74, 6) is 0.843. The minimum atomic E-state index is -0.236. The molecule has 8 nitrogen and oxygen atoms in total. The highest BCUT2D eigenvalue weighted by molar-refractivity contribution is 7.98. The van der Waals surface area contributed by atoms with Crippen molar-refractivity contribution in [2.45, 2.75) is 31.7 Å². The number of carbonyl (C=O) groups is 1. The molecule has 0 bridgehead atoms. The van der Waals surface area contributed by atoms with Gasteiger partial charge in [-0.15, -0.1) is 16.4 Å². The van der Waals surface area contributed by atoms with Gasteiger partial charge in [-0.1, -0.05) is 30.0 Å². The molecule has 0 amide bonds. The Morgan fingerprint density at radius 2 is 2.07 bits per heavy atom. The number of Topliss-reactive ketones (excluding diaryl/α,β-unsaturated/α-hetero) is 1. The maximum absolute atomic E-state index is 12.5. The van der Waals surface area contributed by atoms with Gasteiger partial charge in [-0.25, -0.2) is 4.98 Å². The maximum atomic E-state index is 12.5. The summed E-state index contributed by atoms with van der Waals surface area (Å²) < 4.78 is 1.67. The molecule has 4 aromatic rings. The van der Waals surface area contributed by atoms with Crippen LogP contribution in [0.2, 0.25) is 0 Å². The second-order valence-electron chi connectivity index (χ2n) is 6.25. The molecule has 0 aliphatic carbocycles. The number of thioether (sulfide) groups is 1. The van der Waals surface area contributed by atoms with Crippen molar-refractivity contribution in [1.82, 2.24) is 30.2 Å². The molecule has 0 fully saturated rings. The van der Waals surface area contributed by atoms with Crippen LogP contribution in [0.4, 0.5) is 0 Å². The molecule has 142 valence electrons. The summed E-state index contributed by atoms with van der Waals surface area (Å²) in [5, 5.41) is 13.0. The predicted molar refractivity (Wildman–Crippen MR) is 108 cm³/mol. The minimum absolute atomic E-state index is 0.0618. The zero-order chi connectivity index (χ0) is 19.8. The van der Waals surface area contributed by atoms with Gasteiger partial charge in [0, 0.05) is 0 Å². The Labute approximate surface area is 168 Å². The fourth-order valence-corrected chi connectivity index (χ4v) is 4.80. The topological polar surface area (TPSA) is 106 Å². The number of para-hydroxylation sites is 1. The summed E-state index contributed by atoms with van der Waals surface area (Å²) in [6.45, 7) is 5.26. The second kappa shape index (κ2) is 7.28. The van der Waals surface area contributed by atoms with Gasteiger partial charge in [-0.3, -0.25) is 9.59 Å². The first kappa shape index (κ1) is 18.5. The summed E-state index contributed by atoms with van der Waals surface area (Å²) in [6, 6.07) is 7.82. The van der Waals surface area contributed by atoms with Crippen LogP contribution >= 0.6 is 23.1 Å². The number of hydrogen-bond acceptors (Lipinski definition) is 8. The van der Waals surface area contributed by atoms with Gasteiger partial charge in [0.25, 0.3) is 5.56 Å². The molecule has 28 heavy (non-hydrogen) atoms. The highest BCUT2D eigenvalue weighted by Crippen LogP contribution is 2.28. The number of thiophene rings is 1. The van der Waals surface area contributed by atoms with E-state index in [2.05, 4.69) is 25.5 Å². The number of carbonyl (C=O) groups excluding carboxylic acids is 1. The molecule has 0 aliphatic heterocycles. The monoisotopic (exact) mass is 412 g/mol. The number of H-pyrrole nitrogens is 1. The lowest BCUT2D eigenvalue weighted by atomic mass is 10.2. The van der Waals surface area contributed by atoms with Crippen LogP contribution in [0.3, 0.4) is 0 Å². The highest BCUT2D eigenvalue weighted by Gasteiger charge is 2.17. The molecule has 0 radical (unpaired) electrons. The SMILES string of the molecule is CC(=O)c1sc2nc(CSc3nnnn3-c3ccccc3C)[nH]c(=O)c2c1C. The lowest BCUT2D eigenvalue weighted by molar-refractivity contribution is 0.102. The van der Waals surface area contributed by atoms with E-state index in [9.17, 15) is 9.59 Å². The van der Waals surface area contributed by atoms with Crippen LogP contribution in [0.5, 0.6) is 0 Å². The number of nitrogens with one attached hydrogen (secondary N) is 1. The van der Waals surface area contributed by atoms with E-state index in [-0.39, 0.29) is 11.3 Å². The fraction of sp³-hybridized carbons (Fsp3) is 0.222. The van der Waals surface area contributed by atoms with Gasteiger partial charge in [-0.05, 0) is 48.4 Å². The number of rotatable bonds is 5. The number of hydrogen-bond donors (Lipinski definition) is 1. The molecular formula is C18H16N6O2S2. The molecule has 10 heteroatoms. The summed E-state index contributed by atoms with van der Waals surface area (Å²) in [5.41, 5.74) is 2.40. The Bertz CT molecular complexity index is 1260. The Balaban J connectivity index is 1.64. The average molecular weight is 413 g/mol. The minimum Gasteiger partial charge on any atom is -0.309 e. The van der Waals surface area contributed by atoms with Crippen molar-refractivity contribution in [3.05, 3.63) is 56.4 Å². The molecule has 0 spiro atoms. The van der Waals surface area contributed by atoms with Crippen LogP contribution in [-0.2, 0) is 5.75 Å². The molecule has 0 aliphatic rings. The normalized spacial score (nSPS) is 11.2. The number of nitrogens with zero attached hydrogens (tertiary/aromatic N) is 5. The van der Waals surface area contributed by atoms with Crippen molar-refractivity contribution in [2.75, 3.05) is 0 Å². The molecule has 1 aromatic carbocycles. The number of aromatic amines is 1. The number of benzene rings is 1. The van der Waals surface area contributed by atoms with E-state index in [0.29, 0.717) is 37.4 Å². The van der Waals surface area contributed by atoms with Gasteiger partial charge < -0.3 is 4.98 Å². The van der Waals surface area contributed by atoms with Crippen molar-refractivity contribution in [3.8, 4) is 5.69 Å². The summed E-state index contributed by atoms with van der Waals surface area (Å²) in [6.07, 6.45) is 0. The number of aromatic nitrogens is 6. The third kappa shape index (κ3) is 3.25. The fourth-order valence-electron chi connectivity index (χ4n) is 2.95. The van der Waals surface area contributed by atoms with Crippen LogP contribution in [0.1, 0.15) is 33.5 Å². The Morgan fingerprint density at radius 3 is 2.82 bits per heavy atom. The molecule has 0 saturated heterocycles. The smallest absolute Gasteiger partial charge is 0.259 e. The number of tetrazole rings is 1. The quantitative estimate of drug-likeness (QED) is 0.396. The third-order valence-electron chi connectivity index (χ3n) is 4.29. The Morgan fingerprint density at radius 1 is 1.29 bits per heavy atom. The standard InChI is InChI=1S/C18H16N6O2S2/c1-9-6-4-5-7-12(9)24-18(21-22-23-24)27-8-13-19-16(26)14-10(2)15(11(3)25)28-17(14)20-13/h4-7H,8H2,1-3H3,(H,19,20,26). The van der Waals surface area contributed by atoms with Crippen molar-refractivity contribution in [1.29, 1.82) is 0 Å². The Hall–Kier alpha value is -2.85. The van der Waals surface area contributed by atoms with Gasteiger partial charge >= 0.3 is 0 Å². The van der Waals surface area contributed by atoms with E-state index >= 15 is 0 Å². The van der Waals surface area contributed by atoms with Gasteiger partial charge in [-0.2, -0.15) is 4.68 Å². The van der Waals surface area contributed by atoms with E-state index in [1.165, 1.54) is 30.0 Å². The summed E-state index contributed by atoms with van der Waals surface area (Å²) >= 11 is 2.63. The Kier molecular flexibility index (Phi) is 4.82. The van der Waals surface area contributed by atoms with Crippen LogP contribution in [0.25, 0.3) is 15.9 Å². The lowest BCUT2D eigenvalue weighted by Gasteiger charge is -2.06. The van der Waals surface area contributed by atoms with Crippen molar-refractivity contribution in [2.24, 2.45) is 0 Å². The van der Waals surface area contributed by atoms with Crippen molar-refractivity contribution < 1.29 is 4.79 Å². The largest absolute Gasteiger partial charge is 0.309 e. The summed E-state index contributed by atoms with van der Waals surface area (Å²) in [4.78, 5) is 32.7. The molecule has 4 rings (SSSR count). The van der Waals surface area contributed by atoms with E-state index in [1.807, 2.05) is 31.2 Å². The van der Waals surface area contributed by atoms with E-state index in [1.54, 1.807) is 11.6 Å². The number of aryl methyl sites for hydroxylation is 2. The predicted octanol–water partition coefficient (Wildman–Crippen LogP) is 3.07. The van der Waals surface area contributed by atoms with Crippen LogP contribution < -0.4 is 5.56 Å². The van der Waals surface area contributed by atoms with Gasteiger partial charge in [0.15, 0.2) is 5.78 Å². The van der Waals surface area contributed by atoms with Gasteiger partial charge in [0.2, 0.25) is 5.16 Å². The third-order valence-corrected chi connectivity index (χ3v) is 6.51. The first-order valence-electron chi connectivity index (χ1n) is 8.46. The van der Waals surface area contributed by atoms with E-state index in [0.717, 1.165) is 11.3 Å². The maximum Gasteiger partial charge on any atom is 0.259 e. The lowest BCUT2D eigenvalue weighted by Crippen LogP contribution is -2.11. The molecular weight excluding hydrogens is 396 g/mol. The number of fused-ring (bicyclic) bond motifs is 1. The molecule has 3 aromatic heterocycles. The van der Waals surface area contributed by atoms with Crippen LogP contribution in [-0.4, -0.2) is 36.0 Å². The van der Waals surface area contributed by atoms with E-state index < -0.39 is 0 Å². The van der Waals surface area contributed by atoms with Crippen molar-refractivity contribution in [3.63, 3.8) is 0 Å². The zero-order valence-electron chi connectivity index (χ0n) is 15.4. The molecule has 0 saturated carbocycles. The van der Waals surface area contributed by atoms with Crippen LogP contribution in [0.15, 0.2) is 34.2 Å². The molecule has 0 unspecified atom stereocenters. The zero-order valence-corrected chi connectivity index (χ0v) is 17.0. The molecule has 0 atom stereocenters. The summed E-state index contributed by atoms with van der Waals surface area (Å²) in [7, 11) is 0. The van der Waals surface area contributed by atoms with Crippen LogP contribution in [0, 0.1) is 13.8 Å². The van der Waals surface area contributed by atoms with Gasteiger partial charge in [0.1, 0.15) is 10.7 Å². The first-order valence-corrected chi connectivity index (χ1v) is 10.3. The average Bonchev–Trinajstić information content (AvgIpc) is 3.25. The molecule has 1 N–H and O–H groups in total. The molecule has 3 heterocycles. The first-order chi connectivity index (χ1) is 13.5. The van der Waals surface area contributed by atoms with E-state index in [4.69, 9.17) is 0 Å². The number of ketones is 1. The second-order valence-corrected chi connectivity index (χ2v) is 8.20. The highest BCUT2D eigenvalue weighted by atomic mass is 32.2.